The van der Waals surface area contributed by atoms with Crippen molar-refractivity contribution in [1.29, 1.82) is 0 Å². The molecule has 5 heteroatoms. The second-order valence-electron chi connectivity index (χ2n) is 4.16. The number of anilines is 2. The van der Waals surface area contributed by atoms with E-state index in [2.05, 4.69) is 0 Å². The summed E-state index contributed by atoms with van der Waals surface area (Å²) in [5, 5.41) is 18.6. The summed E-state index contributed by atoms with van der Waals surface area (Å²) in [7, 11) is 1.61. The van der Waals surface area contributed by atoms with E-state index in [-0.39, 0.29) is 23.0 Å². The molecule has 0 aromatic heterocycles. The quantitative estimate of drug-likeness (QED) is 0.567. The monoisotopic (exact) mass is 258 g/mol. The maximum atomic E-state index is 12.2. The van der Waals surface area contributed by atoms with Crippen molar-refractivity contribution in [1.82, 2.24) is 0 Å². The SMILES string of the molecule is CN(C(=O)c1ccc(O)c(O)c1)c1cccc(N)c1. The van der Waals surface area contributed by atoms with Gasteiger partial charge in [0, 0.05) is 24.0 Å². The van der Waals surface area contributed by atoms with Crippen molar-refractivity contribution in [3.8, 4) is 11.5 Å². The summed E-state index contributed by atoms with van der Waals surface area (Å²) >= 11 is 0. The molecule has 98 valence electrons. The lowest BCUT2D eigenvalue weighted by atomic mass is 10.1. The summed E-state index contributed by atoms with van der Waals surface area (Å²) in [4.78, 5) is 13.6. The van der Waals surface area contributed by atoms with Crippen molar-refractivity contribution >= 4 is 17.3 Å². The van der Waals surface area contributed by atoms with Gasteiger partial charge in [-0.25, -0.2) is 0 Å². The van der Waals surface area contributed by atoms with Crippen LogP contribution in [0.5, 0.6) is 11.5 Å². The van der Waals surface area contributed by atoms with E-state index in [0.29, 0.717) is 11.4 Å². The van der Waals surface area contributed by atoms with Crippen LogP contribution in [0.25, 0.3) is 0 Å². The number of nitrogens with zero attached hydrogens (tertiary/aromatic N) is 1. The third kappa shape index (κ3) is 2.60. The van der Waals surface area contributed by atoms with E-state index in [9.17, 15) is 15.0 Å². The number of rotatable bonds is 2. The average molecular weight is 258 g/mol. The van der Waals surface area contributed by atoms with E-state index in [1.807, 2.05) is 0 Å². The standard InChI is InChI=1S/C14H14N2O3/c1-16(11-4-2-3-10(15)8-11)14(19)9-5-6-12(17)13(18)7-9/h2-8,17-18H,15H2,1H3. The molecule has 0 aliphatic rings. The molecule has 2 aromatic rings. The first-order chi connectivity index (χ1) is 8.99. The largest absolute Gasteiger partial charge is 0.504 e. The molecule has 2 rings (SSSR count). The maximum Gasteiger partial charge on any atom is 0.258 e. The van der Waals surface area contributed by atoms with E-state index in [1.165, 1.54) is 23.1 Å². The number of phenols is 2. The molecule has 0 fully saturated rings. The Hall–Kier alpha value is -2.69. The minimum atomic E-state index is -0.327. The number of hydrogen-bond acceptors (Lipinski definition) is 4. The molecule has 0 saturated heterocycles. The molecule has 0 bridgehead atoms. The van der Waals surface area contributed by atoms with Crippen LogP contribution in [0.1, 0.15) is 10.4 Å². The van der Waals surface area contributed by atoms with Gasteiger partial charge >= 0.3 is 0 Å². The summed E-state index contributed by atoms with van der Waals surface area (Å²) in [6.45, 7) is 0. The molecule has 0 saturated carbocycles. The first-order valence-corrected chi connectivity index (χ1v) is 5.64. The van der Waals surface area contributed by atoms with Gasteiger partial charge in [0.2, 0.25) is 0 Å². The van der Waals surface area contributed by atoms with Crippen LogP contribution in [0.2, 0.25) is 0 Å². The maximum absolute atomic E-state index is 12.2. The fraction of sp³-hybridized carbons (Fsp3) is 0.0714. The van der Waals surface area contributed by atoms with Crippen LogP contribution in [0.3, 0.4) is 0 Å². The molecule has 5 nitrogen and oxygen atoms in total. The minimum Gasteiger partial charge on any atom is -0.504 e. The molecule has 0 radical (unpaired) electrons. The Bertz CT molecular complexity index is 626. The number of nitrogen functional groups attached to an aromatic ring is 1. The van der Waals surface area contributed by atoms with Crippen molar-refractivity contribution in [2.45, 2.75) is 0 Å². The Morgan fingerprint density at radius 2 is 1.84 bits per heavy atom. The first kappa shape index (κ1) is 12.8. The van der Waals surface area contributed by atoms with Crippen LogP contribution >= 0.6 is 0 Å². The van der Waals surface area contributed by atoms with Crippen LogP contribution in [-0.4, -0.2) is 23.2 Å². The lowest BCUT2D eigenvalue weighted by Gasteiger charge is -2.18. The first-order valence-electron chi connectivity index (χ1n) is 5.64. The number of nitrogens with two attached hydrogens (primary N) is 1. The van der Waals surface area contributed by atoms with Crippen molar-refractivity contribution in [3.63, 3.8) is 0 Å². The molecule has 0 heterocycles. The number of phenolic OH excluding ortho intramolecular Hbond substituents is 2. The molecule has 0 spiro atoms. The predicted molar refractivity (Wildman–Crippen MR) is 73.4 cm³/mol. The highest BCUT2D eigenvalue weighted by Gasteiger charge is 2.15. The molecule has 0 unspecified atom stereocenters. The Labute approximate surface area is 110 Å². The van der Waals surface area contributed by atoms with Gasteiger partial charge in [-0.15, -0.1) is 0 Å². The Balaban J connectivity index is 2.30. The number of hydrogen-bond donors (Lipinski definition) is 3. The molecule has 0 aliphatic heterocycles. The number of aromatic hydroxyl groups is 2. The molecule has 0 aliphatic carbocycles. The molecule has 4 N–H and O–H groups in total. The summed E-state index contributed by atoms with van der Waals surface area (Å²) < 4.78 is 0. The zero-order valence-electron chi connectivity index (χ0n) is 10.4. The van der Waals surface area contributed by atoms with Crippen molar-refractivity contribution in [2.75, 3.05) is 17.7 Å². The van der Waals surface area contributed by atoms with Gasteiger partial charge in [0.05, 0.1) is 0 Å². The second-order valence-corrected chi connectivity index (χ2v) is 4.16. The fourth-order valence-electron chi connectivity index (χ4n) is 1.70. The zero-order chi connectivity index (χ0) is 14.0. The zero-order valence-corrected chi connectivity index (χ0v) is 10.4. The smallest absolute Gasteiger partial charge is 0.258 e. The normalized spacial score (nSPS) is 10.2. The van der Waals surface area contributed by atoms with Crippen molar-refractivity contribution < 1.29 is 15.0 Å². The number of benzene rings is 2. The number of carbonyl (C=O) groups excluding carboxylic acids is 1. The van der Waals surface area contributed by atoms with Gasteiger partial charge in [0.25, 0.3) is 5.91 Å². The summed E-state index contributed by atoms with van der Waals surface area (Å²) in [5.41, 5.74) is 7.16. The number of amides is 1. The second kappa shape index (κ2) is 4.89. The van der Waals surface area contributed by atoms with Gasteiger partial charge in [0.15, 0.2) is 11.5 Å². The lowest BCUT2D eigenvalue weighted by molar-refractivity contribution is 0.0992. The van der Waals surface area contributed by atoms with E-state index < -0.39 is 0 Å². The summed E-state index contributed by atoms with van der Waals surface area (Å²) in [5.74, 6) is -0.893. The van der Waals surface area contributed by atoms with Crippen LogP contribution < -0.4 is 10.6 Å². The third-order valence-corrected chi connectivity index (χ3v) is 2.78. The van der Waals surface area contributed by atoms with Gasteiger partial charge < -0.3 is 20.8 Å². The molecule has 1 amide bonds. The van der Waals surface area contributed by atoms with Crippen LogP contribution in [-0.2, 0) is 0 Å². The average Bonchev–Trinajstić information content (AvgIpc) is 2.40. The van der Waals surface area contributed by atoms with E-state index in [4.69, 9.17) is 5.73 Å². The van der Waals surface area contributed by atoms with Crippen molar-refractivity contribution in [2.24, 2.45) is 0 Å². The van der Waals surface area contributed by atoms with Gasteiger partial charge in [-0.2, -0.15) is 0 Å². The number of carbonyl (C=O) groups is 1. The molecule has 19 heavy (non-hydrogen) atoms. The van der Waals surface area contributed by atoms with E-state index in [1.54, 1.807) is 31.3 Å². The van der Waals surface area contributed by atoms with Gasteiger partial charge in [-0.3, -0.25) is 4.79 Å². The summed E-state index contributed by atoms with van der Waals surface area (Å²) in [6, 6.07) is 10.9. The summed E-state index contributed by atoms with van der Waals surface area (Å²) in [6.07, 6.45) is 0. The highest BCUT2D eigenvalue weighted by atomic mass is 16.3. The van der Waals surface area contributed by atoms with Crippen LogP contribution in [0.4, 0.5) is 11.4 Å². The molecule has 0 atom stereocenters. The van der Waals surface area contributed by atoms with Gasteiger partial charge in [-0.05, 0) is 36.4 Å². The van der Waals surface area contributed by atoms with Crippen molar-refractivity contribution in [3.05, 3.63) is 48.0 Å². The van der Waals surface area contributed by atoms with Crippen LogP contribution in [0.15, 0.2) is 42.5 Å². The van der Waals surface area contributed by atoms with E-state index in [0.717, 1.165) is 0 Å². The van der Waals surface area contributed by atoms with Crippen LogP contribution in [0, 0.1) is 0 Å². The molecular formula is C14H14N2O3. The molecular weight excluding hydrogens is 244 g/mol. The molecule has 2 aromatic carbocycles. The lowest BCUT2D eigenvalue weighted by Crippen LogP contribution is -2.26. The Kier molecular flexibility index (Phi) is 3.29. The fourth-order valence-corrected chi connectivity index (χ4v) is 1.70. The Morgan fingerprint density at radius 3 is 2.47 bits per heavy atom. The van der Waals surface area contributed by atoms with Gasteiger partial charge in [0.1, 0.15) is 0 Å². The predicted octanol–water partition coefficient (Wildman–Crippen LogP) is 1.96. The highest BCUT2D eigenvalue weighted by molar-refractivity contribution is 6.06. The highest BCUT2D eigenvalue weighted by Crippen LogP contribution is 2.26. The van der Waals surface area contributed by atoms with E-state index >= 15 is 0 Å². The van der Waals surface area contributed by atoms with Gasteiger partial charge in [-0.1, -0.05) is 6.07 Å². The minimum absolute atomic E-state index is 0.261. The third-order valence-electron chi connectivity index (χ3n) is 2.78. The Morgan fingerprint density at radius 1 is 1.11 bits per heavy atom. The topological polar surface area (TPSA) is 86.8 Å².